The van der Waals surface area contributed by atoms with Crippen molar-refractivity contribution in [2.45, 2.75) is 6.92 Å². The predicted octanol–water partition coefficient (Wildman–Crippen LogP) is 4.15. The summed E-state index contributed by atoms with van der Waals surface area (Å²) in [7, 11) is 3.91. The van der Waals surface area contributed by atoms with E-state index in [1.54, 1.807) is 24.4 Å². The van der Waals surface area contributed by atoms with Crippen molar-refractivity contribution >= 4 is 39.8 Å². The van der Waals surface area contributed by atoms with Gasteiger partial charge in [-0.3, -0.25) is 9.78 Å². The average molecular weight is 348 g/mol. The molecule has 2 aromatic carbocycles. The Kier molecular flexibility index (Phi) is 4.84. The zero-order chi connectivity index (χ0) is 18.7. The quantitative estimate of drug-likeness (QED) is 0.695. The van der Waals surface area contributed by atoms with E-state index < -0.39 is 0 Å². The number of aromatic nitrogens is 1. The smallest absolute Gasteiger partial charge is 0.323 e. The van der Waals surface area contributed by atoms with Gasteiger partial charge in [-0.15, -0.1) is 0 Å². The third kappa shape index (κ3) is 3.64. The standard InChI is InChI=1S/C20H20N4O2/c1-13(25)16-5-4-6-17-18(11-12-21-19(16)17)23-20(26)22-14-7-9-15(10-8-14)24(2)3/h4-12H,1-3H3,(H2,21,22,23,26). The number of benzene rings is 2. The number of fused-ring (bicyclic) bond motifs is 1. The largest absolute Gasteiger partial charge is 0.378 e. The summed E-state index contributed by atoms with van der Waals surface area (Å²) in [6.45, 7) is 1.50. The van der Waals surface area contributed by atoms with E-state index in [-0.39, 0.29) is 11.8 Å². The molecule has 0 aliphatic rings. The van der Waals surface area contributed by atoms with Crippen molar-refractivity contribution in [2.24, 2.45) is 0 Å². The minimum Gasteiger partial charge on any atom is -0.378 e. The van der Waals surface area contributed by atoms with Crippen LogP contribution in [0.1, 0.15) is 17.3 Å². The Morgan fingerprint density at radius 1 is 0.962 bits per heavy atom. The van der Waals surface area contributed by atoms with E-state index in [4.69, 9.17) is 0 Å². The van der Waals surface area contributed by atoms with E-state index in [1.165, 1.54) is 6.92 Å². The SMILES string of the molecule is CC(=O)c1cccc2c(NC(=O)Nc3ccc(N(C)C)cc3)ccnc12. The van der Waals surface area contributed by atoms with Crippen LogP contribution in [-0.2, 0) is 0 Å². The minimum absolute atomic E-state index is 0.0642. The van der Waals surface area contributed by atoms with Crippen LogP contribution in [0.5, 0.6) is 0 Å². The van der Waals surface area contributed by atoms with Crippen molar-refractivity contribution < 1.29 is 9.59 Å². The predicted molar refractivity (Wildman–Crippen MR) is 105 cm³/mol. The lowest BCUT2D eigenvalue weighted by Crippen LogP contribution is -2.19. The first-order valence-corrected chi connectivity index (χ1v) is 8.20. The Hall–Kier alpha value is -3.41. The summed E-state index contributed by atoms with van der Waals surface area (Å²) >= 11 is 0. The highest BCUT2D eigenvalue weighted by molar-refractivity contribution is 6.11. The average Bonchev–Trinajstić information content (AvgIpc) is 2.61. The molecule has 132 valence electrons. The molecule has 6 heteroatoms. The monoisotopic (exact) mass is 348 g/mol. The molecular formula is C20H20N4O2. The second kappa shape index (κ2) is 7.23. The number of Topliss-reactive ketones (excluding diaryl/α,β-unsaturated/α-hetero) is 1. The number of nitrogens with zero attached hydrogens (tertiary/aromatic N) is 2. The van der Waals surface area contributed by atoms with Gasteiger partial charge in [0.15, 0.2) is 5.78 Å². The van der Waals surface area contributed by atoms with Crippen molar-refractivity contribution in [3.8, 4) is 0 Å². The zero-order valence-corrected chi connectivity index (χ0v) is 14.9. The molecule has 26 heavy (non-hydrogen) atoms. The molecule has 0 aliphatic carbocycles. The fourth-order valence-corrected chi connectivity index (χ4v) is 2.70. The van der Waals surface area contributed by atoms with Gasteiger partial charge in [-0.05, 0) is 43.3 Å². The van der Waals surface area contributed by atoms with Gasteiger partial charge in [0.25, 0.3) is 0 Å². The zero-order valence-electron chi connectivity index (χ0n) is 14.9. The highest BCUT2D eigenvalue weighted by atomic mass is 16.2. The maximum atomic E-state index is 12.3. The van der Waals surface area contributed by atoms with Crippen LogP contribution in [0.3, 0.4) is 0 Å². The number of carbonyl (C=O) groups is 2. The van der Waals surface area contributed by atoms with Crippen molar-refractivity contribution in [1.82, 2.24) is 4.98 Å². The number of amides is 2. The van der Waals surface area contributed by atoms with E-state index in [0.29, 0.717) is 22.5 Å². The van der Waals surface area contributed by atoms with Crippen LogP contribution in [-0.4, -0.2) is 30.9 Å². The summed E-state index contributed by atoms with van der Waals surface area (Å²) in [6, 6.07) is 14.2. The molecule has 6 nitrogen and oxygen atoms in total. The number of pyridine rings is 1. The number of nitrogens with one attached hydrogen (secondary N) is 2. The van der Waals surface area contributed by atoms with E-state index in [2.05, 4.69) is 15.6 Å². The fourth-order valence-electron chi connectivity index (χ4n) is 2.70. The van der Waals surface area contributed by atoms with Crippen LogP contribution < -0.4 is 15.5 Å². The molecule has 0 aliphatic heterocycles. The first-order chi connectivity index (χ1) is 12.5. The summed E-state index contributed by atoms with van der Waals surface area (Å²) in [5, 5.41) is 6.35. The molecular weight excluding hydrogens is 328 g/mol. The van der Waals surface area contributed by atoms with Crippen LogP contribution in [0.2, 0.25) is 0 Å². The van der Waals surface area contributed by atoms with Crippen LogP contribution in [0.25, 0.3) is 10.9 Å². The molecule has 1 aromatic heterocycles. The molecule has 3 aromatic rings. The van der Waals surface area contributed by atoms with Gasteiger partial charge in [-0.2, -0.15) is 0 Å². The van der Waals surface area contributed by atoms with Crippen LogP contribution in [0, 0.1) is 0 Å². The molecule has 2 amide bonds. The second-order valence-corrected chi connectivity index (χ2v) is 6.14. The number of urea groups is 1. The summed E-state index contributed by atoms with van der Waals surface area (Å²) in [6.07, 6.45) is 1.58. The number of para-hydroxylation sites is 1. The Morgan fingerprint density at radius 3 is 2.35 bits per heavy atom. The number of carbonyl (C=O) groups excluding carboxylic acids is 2. The molecule has 0 radical (unpaired) electrons. The van der Waals surface area contributed by atoms with Gasteiger partial charge in [0.05, 0.1) is 11.2 Å². The summed E-state index contributed by atoms with van der Waals surface area (Å²) in [5.41, 5.74) is 3.45. The van der Waals surface area contributed by atoms with Crippen molar-refractivity contribution in [3.05, 3.63) is 60.3 Å². The van der Waals surface area contributed by atoms with Crippen LogP contribution >= 0.6 is 0 Å². The Bertz CT molecular complexity index is 965. The van der Waals surface area contributed by atoms with Gasteiger partial charge in [0.1, 0.15) is 0 Å². The van der Waals surface area contributed by atoms with Gasteiger partial charge in [0.2, 0.25) is 0 Å². The topological polar surface area (TPSA) is 74.3 Å². The van der Waals surface area contributed by atoms with E-state index in [0.717, 1.165) is 11.1 Å². The third-order valence-corrected chi connectivity index (χ3v) is 4.04. The number of ketones is 1. The molecule has 2 N–H and O–H groups in total. The van der Waals surface area contributed by atoms with Gasteiger partial charge >= 0.3 is 6.03 Å². The molecule has 0 fully saturated rings. The molecule has 0 atom stereocenters. The summed E-state index contributed by atoms with van der Waals surface area (Å²) in [4.78, 5) is 30.4. The number of anilines is 3. The van der Waals surface area contributed by atoms with E-state index >= 15 is 0 Å². The Balaban J connectivity index is 1.81. The minimum atomic E-state index is -0.358. The Labute approximate surface area is 151 Å². The van der Waals surface area contributed by atoms with Gasteiger partial charge in [0, 0.05) is 42.6 Å². The molecule has 0 spiro atoms. The molecule has 1 heterocycles. The maximum absolute atomic E-state index is 12.3. The van der Waals surface area contributed by atoms with E-state index in [9.17, 15) is 9.59 Å². The number of hydrogen-bond acceptors (Lipinski definition) is 4. The number of rotatable bonds is 4. The maximum Gasteiger partial charge on any atom is 0.323 e. The van der Waals surface area contributed by atoms with Crippen molar-refractivity contribution in [2.75, 3.05) is 29.6 Å². The van der Waals surface area contributed by atoms with Crippen molar-refractivity contribution in [3.63, 3.8) is 0 Å². The third-order valence-electron chi connectivity index (χ3n) is 4.04. The van der Waals surface area contributed by atoms with Crippen LogP contribution in [0.15, 0.2) is 54.7 Å². The molecule has 3 rings (SSSR count). The van der Waals surface area contributed by atoms with Gasteiger partial charge < -0.3 is 15.5 Å². The summed E-state index contributed by atoms with van der Waals surface area (Å²) < 4.78 is 0. The summed E-state index contributed by atoms with van der Waals surface area (Å²) in [5.74, 6) is -0.0642. The van der Waals surface area contributed by atoms with Gasteiger partial charge in [-0.1, -0.05) is 12.1 Å². The fraction of sp³-hybridized carbons (Fsp3) is 0.150. The van der Waals surface area contributed by atoms with Crippen LogP contribution in [0.4, 0.5) is 21.9 Å². The lowest BCUT2D eigenvalue weighted by molar-refractivity contribution is 0.101. The van der Waals surface area contributed by atoms with Crippen molar-refractivity contribution in [1.29, 1.82) is 0 Å². The highest BCUT2D eigenvalue weighted by Gasteiger charge is 2.11. The molecule has 0 bridgehead atoms. The van der Waals surface area contributed by atoms with Gasteiger partial charge in [-0.25, -0.2) is 4.79 Å². The normalized spacial score (nSPS) is 10.4. The first-order valence-electron chi connectivity index (χ1n) is 8.20. The Morgan fingerprint density at radius 2 is 1.69 bits per heavy atom. The molecule has 0 saturated carbocycles. The lowest BCUT2D eigenvalue weighted by Gasteiger charge is -2.14. The number of hydrogen-bond donors (Lipinski definition) is 2. The second-order valence-electron chi connectivity index (χ2n) is 6.14. The van der Waals surface area contributed by atoms with E-state index in [1.807, 2.05) is 49.3 Å². The highest BCUT2D eigenvalue weighted by Crippen LogP contribution is 2.25. The first kappa shape index (κ1) is 17.4. The molecule has 0 saturated heterocycles. The molecule has 0 unspecified atom stereocenters. The lowest BCUT2D eigenvalue weighted by atomic mass is 10.1.